The van der Waals surface area contributed by atoms with Gasteiger partial charge in [-0.25, -0.2) is 4.79 Å². The molecule has 54 heavy (non-hydrogen) atoms. The number of rotatable bonds is 37. The molecule has 0 rings (SSSR count). The first-order valence-electron chi connectivity index (χ1n) is 21.4. The van der Waals surface area contributed by atoms with Gasteiger partial charge in [-0.2, -0.15) is 0 Å². The van der Waals surface area contributed by atoms with Gasteiger partial charge in [0.2, 0.25) is 0 Å². The van der Waals surface area contributed by atoms with Gasteiger partial charge in [-0.1, -0.05) is 171 Å². The van der Waals surface area contributed by atoms with Crippen LogP contribution in [0.3, 0.4) is 0 Å². The molecule has 8 nitrogen and oxygen atoms in total. The van der Waals surface area contributed by atoms with Crippen molar-refractivity contribution in [3.05, 3.63) is 60.8 Å². The molecule has 8 heteroatoms. The lowest BCUT2D eigenvalue weighted by molar-refractivity contribution is -0.887. The van der Waals surface area contributed by atoms with E-state index in [1.54, 1.807) is 0 Å². The Labute approximate surface area is 330 Å². The number of nitrogens with zero attached hydrogens (tertiary/aromatic N) is 1. The van der Waals surface area contributed by atoms with Crippen molar-refractivity contribution in [3.63, 3.8) is 0 Å². The third-order valence-corrected chi connectivity index (χ3v) is 9.28. The Balaban J connectivity index is 4.43. The summed E-state index contributed by atoms with van der Waals surface area (Å²) in [4.78, 5) is 36.9. The second-order valence-corrected chi connectivity index (χ2v) is 15.4. The number of carboxylic acids is 1. The van der Waals surface area contributed by atoms with Crippen LogP contribution in [0.1, 0.15) is 162 Å². The molecule has 0 aliphatic carbocycles. The zero-order valence-corrected chi connectivity index (χ0v) is 35.2. The number of hydrogen-bond donors (Lipinski definition) is 1. The van der Waals surface area contributed by atoms with Gasteiger partial charge in [0.25, 0.3) is 0 Å². The number of hydrogen-bond acceptors (Lipinski definition) is 6. The lowest BCUT2D eigenvalue weighted by Gasteiger charge is -2.31. The quantitative estimate of drug-likeness (QED) is 0.0291. The average Bonchev–Trinajstić information content (AvgIpc) is 3.12. The lowest BCUT2D eigenvalue weighted by Crippen LogP contribution is -2.50. The molecule has 2 atom stereocenters. The molecular weight excluding hydrogens is 679 g/mol. The van der Waals surface area contributed by atoms with E-state index in [1.165, 1.54) is 64.2 Å². The number of aliphatic carboxylic acids is 1. The van der Waals surface area contributed by atoms with Crippen LogP contribution in [0.4, 0.5) is 0 Å². The predicted octanol–water partition coefficient (Wildman–Crippen LogP) is 11.4. The van der Waals surface area contributed by atoms with Gasteiger partial charge >= 0.3 is 17.9 Å². The number of quaternary nitrogens is 1. The summed E-state index contributed by atoms with van der Waals surface area (Å²) in [7, 11) is 5.51. The molecule has 0 fully saturated rings. The highest BCUT2D eigenvalue weighted by atomic mass is 16.6. The van der Waals surface area contributed by atoms with Gasteiger partial charge in [0.05, 0.1) is 34.4 Å². The summed E-state index contributed by atoms with van der Waals surface area (Å²) in [5, 5.41) is 9.61. The molecule has 0 saturated heterocycles. The number of carbonyl (C=O) groups excluding carboxylic acids is 2. The number of carbonyl (C=O) groups is 3. The number of likely N-dealkylation sites (N-methyl/N-ethyl adjacent to an activating group) is 1. The minimum atomic E-state index is -0.882. The summed E-state index contributed by atoms with van der Waals surface area (Å²) < 4.78 is 17.2. The van der Waals surface area contributed by atoms with E-state index >= 15 is 0 Å². The van der Waals surface area contributed by atoms with E-state index in [1.807, 2.05) is 57.6 Å². The fraction of sp³-hybridized carbons (Fsp3) is 0.717. The Morgan fingerprint density at radius 2 is 1.02 bits per heavy atom. The predicted molar refractivity (Wildman–Crippen MR) is 224 cm³/mol. The smallest absolute Gasteiger partial charge is 0.362 e. The van der Waals surface area contributed by atoms with Crippen molar-refractivity contribution < 1.29 is 38.2 Å². The third kappa shape index (κ3) is 34.8. The van der Waals surface area contributed by atoms with Crippen molar-refractivity contribution in [1.82, 2.24) is 0 Å². The van der Waals surface area contributed by atoms with E-state index in [0.717, 1.165) is 64.2 Å². The molecular formula is C46H80NO7+. The van der Waals surface area contributed by atoms with Crippen molar-refractivity contribution in [2.45, 2.75) is 174 Å². The first-order valence-corrected chi connectivity index (χ1v) is 21.4. The van der Waals surface area contributed by atoms with Crippen LogP contribution in [0, 0.1) is 0 Å². The number of unbranched alkanes of at least 4 members (excludes halogenated alkanes) is 17. The second-order valence-electron chi connectivity index (χ2n) is 15.4. The van der Waals surface area contributed by atoms with Crippen LogP contribution >= 0.6 is 0 Å². The monoisotopic (exact) mass is 759 g/mol. The van der Waals surface area contributed by atoms with Crippen LogP contribution in [0.5, 0.6) is 0 Å². The molecule has 0 aromatic rings. The fourth-order valence-electron chi connectivity index (χ4n) is 5.94. The maximum absolute atomic E-state index is 12.7. The number of ether oxygens (including phenoxy) is 3. The van der Waals surface area contributed by atoms with Crippen LogP contribution in [-0.2, 0) is 28.6 Å². The Morgan fingerprint density at radius 3 is 1.52 bits per heavy atom. The standard InChI is InChI=1S/C46H79NO7/c1-6-8-10-12-14-16-18-20-21-22-23-24-25-27-29-31-33-35-37-45(49)54-42(40-52-39-38-43(46(50)51)47(3,4)5)41-53-44(48)36-34-32-30-28-26-19-17-15-13-11-9-7-2/h10,12,14,16,18,20-24,42-43H,6-9,11,13,15,17,19,25-41H2,1-5H3/p+1/b12-10+,16-14+,20-18+,22-21+,24-23+. The molecule has 0 bridgehead atoms. The normalized spacial score (nSPS) is 13.6. The van der Waals surface area contributed by atoms with Crippen molar-refractivity contribution in [2.24, 2.45) is 0 Å². The molecule has 0 aromatic carbocycles. The number of esters is 2. The zero-order valence-electron chi connectivity index (χ0n) is 35.2. The molecule has 0 heterocycles. The van der Waals surface area contributed by atoms with E-state index in [4.69, 9.17) is 14.2 Å². The molecule has 0 radical (unpaired) electrons. The highest BCUT2D eigenvalue weighted by Gasteiger charge is 2.31. The third-order valence-electron chi connectivity index (χ3n) is 9.28. The fourth-order valence-corrected chi connectivity index (χ4v) is 5.94. The molecule has 310 valence electrons. The Morgan fingerprint density at radius 1 is 0.556 bits per heavy atom. The summed E-state index contributed by atoms with van der Waals surface area (Å²) in [6.07, 6.45) is 43.9. The molecule has 0 amide bonds. The number of allylic oxidation sites excluding steroid dienone is 10. The number of carboxylic acid groups (broad SMARTS) is 1. The van der Waals surface area contributed by atoms with Crippen molar-refractivity contribution >= 4 is 17.9 Å². The molecule has 0 saturated carbocycles. The highest BCUT2D eigenvalue weighted by molar-refractivity contribution is 5.72. The first kappa shape index (κ1) is 51.0. The van der Waals surface area contributed by atoms with Crippen LogP contribution in [0.2, 0.25) is 0 Å². The molecule has 0 aromatic heterocycles. The zero-order chi connectivity index (χ0) is 40.0. The summed E-state index contributed by atoms with van der Waals surface area (Å²) in [5.41, 5.74) is 0. The SMILES string of the molecule is CCC/C=C/C=C/C=C/C=C/C=C/CCCCCCCC(=O)OC(COCCC(C(=O)O)[N+](C)(C)C)COC(=O)CCCCCCCCCCCCCC. The highest BCUT2D eigenvalue weighted by Crippen LogP contribution is 2.14. The summed E-state index contributed by atoms with van der Waals surface area (Å²) in [6.45, 7) is 4.61. The second kappa shape index (κ2) is 37.0. The van der Waals surface area contributed by atoms with E-state index in [9.17, 15) is 19.5 Å². The summed E-state index contributed by atoms with van der Waals surface area (Å²) in [6, 6.07) is -0.620. The van der Waals surface area contributed by atoms with E-state index < -0.39 is 18.1 Å². The molecule has 0 aliphatic rings. The molecule has 2 unspecified atom stereocenters. The molecule has 1 N–H and O–H groups in total. The van der Waals surface area contributed by atoms with Crippen LogP contribution in [0.25, 0.3) is 0 Å². The Kier molecular flexibility index (Phi) is 34.9. The van der Waals surface area contributed by atoms with Crippen LogP contribution in [-0.4, -0.2) is 80.6 Å². The van der Waals surface area contributed by atoms with E-state index in [0.29, 0.717) is 19.3 Å². The lowest BCUT2D eigenvalue weighted by atomic mass is 10.0. The van der Waals surface area contributed by atoms with Gasteiger partial charge in [0.15, 0.2) is 12.1 Å². The van der Waals surface area contributed by atoms with Crippen molar-refractivity contribution in [1.29, 1.82) is 0 Å². The van der Waals surface area contributed by atoms with Gasteiger partial charge < -0.3 is 23.8 Å². The largest absolute Gasteiger partial charge is 0.477 e. The molecule has 0 aliphatic heterocycles. The van der Waals surface area contributed by atoms with E-state index in [2.05, 4.69) is 38.2 Å². The van der Waals surface area contributed by atoms with Crippen LogP contribution < -0.4 is 0 Å². The summed E-state index contributed by atoms with van der Waals surface area (Å²) >= 11 is 0. The van der Waals surface area contributed by atoms with E-state index in [-0.39, 0.29) is 36.2 Å². The van der Waals surface area contributed by atoms with Gasteiger partial charge in [-0.15, -0.1) is 0 Å². The van der Waals surface area contributed by atoms with Gasteiger partial charge in [-0.3, -0.25) is 9.59 Å². The Bertz CT molecular complexity index is 1070. The van der Waals surface area contributed by atoms with Gasteiger partial charge in [-0.05, 0) is 32.1 Å². The minimum Gasteiger partial charge on any atom is -0.477 e. The molecule has 0 spiro atoms. The van der Waals surface area contributed by atoms with Gasteiger partial charge in [0.1, 0.15) is 6.61 Å². The average molecular weight is 759 g/mol. The minimum absolute atomic E-state index is 0.0495. The maximum atomic E-state index is 12.7. The van der Waals surface area contributed by atoms with Crippen molar-refractivity contribution in [2.75, 3.05) is 41.0 Å². The topological polar surface area (TPSA) is 99.1 Å². The van der Waals surface area contributed by atoms with Gasteiger partial charge in [0, 0.05) is 19.3 Å². The van der Waals surface area contributed by atoms with Crippen LogP contribution in [0.15, 0.2) is 60.8 Å². The van der Waals surface area contributed by atoms with Crippen molar-refractivity contribution in [3.8, 4) is 0 Å². The maximum Gasteiger partial charge on any atom is 0.362 e. The first-order chi connectivity index (χ1) is 26.1. The summed E-state index contributed by atoms with van der Waals surface area (Å²) in [5.74, 6) is -1.50. The Hall–Kier alpha value is -2.97.